The lowest BCUT2D eigenvalue weighted by Gasteiger charge is -2.37. The van der Waals surface area contributed by atoms with Crippen molar-refractivity contribution in [1.82, 2.24) is 19.5 Å². The fourth-order valence-corrected chi connectivity index (χ4v) is 5.79. The first-order valence-corrected chi connectivity index (χ1v) is 12.6. The van der Waals surface area contributed by atoms with E-state index in [1.807, 2.05) is 43.1 Å². The number of thioether (sulfide) groups is 1. The number of aromatic nitrogens is 1. The van der Waals surface area contributed by atoms with Gasteiger partial charge in [-0.2, -0.15) is 11.8 Å². The molecule has 0 unspecified atom stereocenters. The summed E-state index contributed by atoms with van der Waals surface area (Å²) < 4.78 is 26.6. The minimum absolute atomic E-state index is 0.0699. The molecule has 0 atom stereocenters. The average molecular weight is 427 g/mol. The minimum atomic E-state index is -3.22. The van der Waals surface area contributed by atoms with Gasteiger partial charge in [0.25, 0.3) is 0 Å². The minimum Gasteiger partial charge on any atom is -0.357 e. The number of aliphatic imine (C=N–C) groups is 1. The van der Waals surface area contributed by atoms with Gasteiger partial charge < -0.3 is 15.1 Å². The number of hydrogen-bond donors (Lipinski definition) is 1. The number of sulfonamides is 1. The molecule has 2 aliphatic heterocycles. The van der Waals surface area contributed by atoms with Crippen molar-refractivity contribution in [3.8, 4) is 0 Å². The molecule has 0 aliphatic carbocycles. The van der Waals surface area contributed by atoms with E-state index in [1.165, 1.54) is 0 Å². The third-order valence-corrected chi connectivity index (χ3v) is 7.65. The highest BCUT2D eigenvalue weighted by atomic mass is 32.2. The summed E-state index contributed by atoms with van der Waals surface area (Å²) in [5, 5.41) is 3.30. The quantitative estimate of drug-likeness (QED) is 0.525. The van der Waals surface area contributed by atoms with Crippen LogP contribution in [0.2, 0.25) is 0 Å². The van der Waals surface area contributed by atoms with Crippen molar-refractivity contribution in [2.75, 3.05) is 74.5 Å². The van der Waals surface area contributed by atoms with Crippen LogP contribution in [0.3, 0.4) is 0 Å². The highest BCUT2D eigenvalue weighted by Crippen LogP contribution is 2.14. The van der Waals surface area contributed by atoms with Crippen molar-refractivity contribution in [3.63, 3.8) is 0 Å². The molecular weight excluding hydrogens is 396 g/mol. The maximum Gasteiger partial charge on any atom is 0.215 e. The average Bonchev–Trinajstić information content (AvgIpc) is 2.74. The van der Waals surface area contributed by atoms with Crippen LogP contribution in [0.4, 0.5) is 5.82 Å². The van der Waals surface area contributed by atoms with Crippen LogP contribution < -0.4 is 10.2 Å². The van der Waals surface area contributed by atoms with Gasteiger partial charge in [-0.3, -0.25) is 4.99 Å². The van der Waals surface area contributed by atoms with Gasteiger partial charge in [0, 0.05) is 63.5 Å². The Morgan fingerprint density at radius 1 is 1.18 bits per heavy atom. The molecule has 0 spiro atoms. The molecule has 156 valence electrons. The van der Waals surface area contributed by atoms with Crippen LogP contribution in [0.15, 0.2) is 29.4 Å². The largest absolute Gasteiger partial charge is 0.357 e. The van der Waals surface area contributed by atoms with Crippen molar-refractivity contribution in [1.29, 1.82) is 0 Å². The predicted molar refractivity (Wildman–Crippen MR) is 117 cm³/mol. The smallest absolute Gasteiger partial charge is 0.215 e. The highest BCUT2D eigenvalue weighted by molar-refractivity contribution is 7.99. The molecule has 2 fully saturated rings. The van der Waals surface area contributed by atoms with Gasteiger partial charge in [0.05, 0.1) is 12.3 Å². The summed E-state index contributed by atoms with van der Waals surface area (Å²) in [6.45, 7) is 7.71. The van der Waals surface area contributed by atoms with E-state index in [-0.39, 0.29) is 12.3 Å². The number of hydrogen-bond acceptors (Lipinski definition) is 6. The maximum atomic E-state index is 12.5. The SMILES string of the molecule is CCNC(=NCCS(=O)(=O)N1CCSCC1)N1CCN(c2ccccn2)CC1. The third kappa shape index (κ3) is 5.74. The summed E-state index contributed by atoms with van der Waals surface area (Å²) in [5.74, 6) is 3.63. The molecule has 10 heteroatoms. The number of nitrogens with zero attached hydrogens (tertiary/aromatic N) is 5. The van der Waals surface area contributed by atoms with Gasteiger partial charge in [0.2, 0.25) is 10.0 Å². The number of piperazine rings is 1. The van der Waals surface area contributed by atoms with Gasteiger partial charge in [-0.25, -0.2) is 17.7 Å². The van der Waals surface area contributed by atoms with E-state index in [2.05, 4.69) is 25.1 Å². The van der Waals surface area contributed by atoms with Crippen LogP contribution in [-0.4, -0.2) is 98.2 Å². The van der Waals surface area contributed by atoms with E-state index in [1.54, 1.807) is 4.31 Å². The molecule has 0 radical (unpaired) electrons. The van der Waals surface area contributed by atoms with Gasteiger partial charge in [-0.05, 0) is 19.1 Å². The van der Waals surface area contributed by atoms with E-state index >= 15 is 0 Å². The third-order valence-electron chi connectivity index (χ3n) is 4.86. The molecule has 8 nitrogen and oxygen atoms in total. The molecule has 0 aromatic carbocycles. The second kappa shape index (κ2) is 10.3. The van der Waals surface area contributed by atoms with Crippen molar-refractivity contribution >= 4 is 33.6 Å². The van der Waals surface area contributed by atoms with E-state index in [0.717, 1.165) is 56.0 Å². The zero-order valence-electron chi connectivity index (χ0n) is 16.5. The molecule has 28 heavy (non-hydrogen) atoms. The fraction of sp³-hybridized carbons (Fsp3) is 0.667. The topological polar surface area (TPSA) is 81.1 Å². The normalized spacial score (nSPS) is 19.7. The summed E-state index contributed by atoms with van der Waals surface area (Å²) in [7, 11) is -3.22. The van der Waals surface area contributed by atoms with Crippen LogP contribution in [0, 0.1) is 0 Å². The second-order valence-corrected chi connectivity index (χ2v) is 10.0. The molecule has 2 aliphatic rings. The summed E-state index contributed by atoms with van der Waals surface area (Å²) >= 11 is 1.81. The van der Waals surface area contributed by atoms with E-state index in [9.17, 15) is 8.42 Å². The summed E-state index contributed by atoms with van der Waals surface area (Å²) in [6.07, 6.45) is 1.81. The van der Waals surface area contributed by atoms with Gasteiger partial charge in [-0.15, -0.1) is 0 Å². The molecule has 0 amide bonds. The van der Waals surface area contributed by atoms with Crippen LogP contribution in [0.5, 0.6) is 0 Å². The van der Waals surface area contributed by atoms with Crippen molar-refractivity contribution in [2.45, 2.75) is 6.92 Å². The zero-order chi connectivity index (χ0) is 19.8. The molecule has 0 bridgehead atoms. The van der Waals surface area contributed by atoms with Gasteiger partial charge in [0.1, 0.15) is 5.82 Å². The Morgan fingerprint density at radius 3 is 2.57 bits per heavy atom. The number of guanidine groups is 1. The molecule has 1 aromatic rings. The number of nitrogens with one attached hydrogen (secondary N) is 1. The van der Waals surface area contributed by atoms with Crippen LogP contribution in [0.1, 0.15) is 6.92 Å². The molecular formula is C18H30N6O2S2. The van der Waals surface area contributed by atoms with E-state index in [4.69, 9.17) is 0 Å². The number of pyridine rings is 1. The standard InChI is InChI=1S/C18H30N6O2S2/c1-2-19-18(21-7-16-28(25,26)24-12-14-27-15-13-24)23-10-8-22(9-11-23)17-5-3-4-6-20-17/h3-6H,2,7-16H2,1H3,(H,19,21). The molecule has 1 aromatic heterocycles. The Morgan fingerprint density at radius 2 is 1.93 bits per heavy atom. The lowest BCUT2D eigenvalue weighted by atomic mass is 10.3. The lowest BCUT2D eigenvalue weighted by molar-refractivity contribution is 0.371. The summed E-state index contributed by atoms with van der Waals surface area (Å²) in [6, 6.07) is 5.95. The van der Waals surface area contributed by atoms with Crippen molar-refractivity contribution < 1.29 is 8.42 Å². The van der Waals surface area contributed by atoms with Gasteiger partial charge >= 0.3 is 0 Å². The van der Waals surface area contributed by atoms with Crippen LogP contribution >= 0.6 is 11.8 Å². The Bertz CT molecular complexity index is 730. The first kappa shape index (κ1) is 21.2. The fourth-order valence-electron chi connectivity index (χ4n) is 3.33. The summed E-state index contributed by atoms with van der Waals surface area (Å²) in [5.41, 5.74) is 0. The van der Waals surface area contributed by atoms with Crippen molar-refractivity contribution in [3.05, 3.63) is 24.4 Å². The molecule has 1 N–H and O–H groups in total. The second-order valence-electron chi connectivity index (χ2n) is 6.73. The van der Waals surface area contributed by atoms with Gasteiger partial charge in [0.15, 0.2) is 5.96 Å². The molecule has 0 saturated carbocycles. The number of anilines is 1. The first-order chi connectivity index (χ1) is 13.6. The maximum absolute atomic E-state index is 12.5. The van der Waals surface area contributed by atoms with Gasteiger partial charge in [-0.1, -0.05) is 6.07 Å². The molecule has 2 saturated heterocycles. The zero-order valence-corrected chi connectivity index (χ0v) is 18.1. The van der Waals surface area contributed by atoms with E-state index < -0.39 is 10.0 Å². The predicted octanol–water partition coefficient (Wildman–Crippen LogP) is 0.548. The molecule has 3 heterocycles. The summed E-state index contributed by atoms with van der Waals surface area (Å²) in [4.78, 5) is 13.5. The van der Waals surface area contributed by atoms with E-state index in [0.29, 0.717) is 13.1 Å². The van der Waals surface area contributed by atoms with Crippen molar-refractivity contribution in [2.24, 2.45) is 4.99 Å². The Labute approximate surface area is 172 Å². The Balaban J connectivity index is 1.54. The Kier molecular flexibility index (Phi) is 7.81. The number of rotatable bonds is 6. The van der Waals surface area contributed by atoms with Crippen LogP contribution in [0.25, 0.3) is 0 Å². The first-order valence-electron chi connectivity index (χ1n) is 9.85. The van der Waals surface area contributed by atoms with Crippen LogP contribution in [-0.2, 0) is 10.0 Å². The molecule has 3 rings (SSSR count). The monoisotopic (exact) mass is 426 g/mol. The Hall–Kier alpha value is -1.52. The highest BCUT2D eigenvalue weighted by Gasteiger charge is 2.24. The lowest BCUT2D eigenvalue weighted by Crippen LogP contribution is -2.53.